The molecule has 0 bridgehead atoms. The van der Waals surface area contributed by atoms with Gasteiger partial charge in [0.25, 0.3) is 5.91 Å². The van der Waals surface area contributed by atoms with Crippen molar-refractivity contribution in [3.63, 3.8) is 0 Å². The lowest BCUT2D eigenvalue weighted by Crippen LogP contribution is -2.35. The second kappa shape index (κ2) is 7.26. The van der Waals surface area contributed by atoms with Gasteiger partial charge in [-0.1, -0.05) is 19.1 Å². The zero-order chi connectivity index (χ0) is 17.0. The lowest BCUT2D eigenvalue weighted by atomic mass is 10.1. The second-order valence-corrected chi connectivity index (χ2v) is 6.00. The van der Waals surface area contributed by atoms with Gasteiger partial charge in [-0.3, -0.25) is 14.4 Å². The van der Waals surface area contributed by atoms with E-state index in [-0.39, 0.29) is 30.9 Å². The Kier molecular flexibility index (Phi) is 5.36. The first-order valence-electron chi connectivity index (χ1n) is 7.68. The number of benzene rings is 1. The molecular formula is C17H22N2O4. The van der Waals surface area contributed by atoms with E-state index in [9.17, 15) is 14.4 Å². The summed E-state index contributed by atoms with van der Waals surface area (Å²) in [4.78, 5) is 34.9. The van der Waals surface area contributed by atoms with Gasteiger partial charge in [-0.25, -0.2) is 0 Å². The van der Waals surface area contributed by atoms with Gasteiger partial charge in [-0.05, 0) is 43.4 Å². The summed E-state index contributed by atoms with van der Waals surface area (Å²) in [6, 6.07) is 5.62. The summed E-state index contributed by atoms with van der Waals surface area (Å²) in [5.41, 5.74) is 2.78. The van der Waals surface area contributed by atoms with Crippen LogP contribution in [0.1, 0.15) is 24.5 Å². The first kappa shape index (κ1) is 17.0. The number of rotatable bonds is 6. The Morgan fingerprint density at radius 1 is 1.22 bits per heavy atom. The number of hydrogen-bond acceptors (Lipinski definition) is 4. The molecule has 1 aromatic carbocycles. The van der Waals surface area contributed by atoms with Crippen molar-refractivity contribution in [2.24, 2.45) is 11.8 Å². The van der Waals surface area contributed by atoms with Gasteiger partial charge in [-0.15, -0.1) is 0 Å². The fourth-order valence-corrected chi connectivity index (χ4v) is 2.21. The van der Waals surface area contributed by atoms with E-state index in [4.69, 9.17) is 4.74 Å². The van der Waals surface area contributed by atoms with Crippen molar-refractivity contribution in [3.8, 4) is 0 Å². The molecule has 0 heterocycles. The zero-order valence-corrected chi connectivity index (χ0v) is 13.6. The number of hydrogen-bond donors (Lipinski definition) is 2. The molecule has 0 spiro atoms. The standard InChI is InChI=1S/C17H22N2O4/c1-10-5-4-6-14(12(10)3)19-15(20)8-18-16(21)9-23-17(22)13-7-11(13)2/h4-6,11,13H,7-9H2,1-3H3,(H,18,21)(H,19,20)/t11-,13-/m0/s1. The highest BCUT2D eigenvalue weighted by Crippen LogP contribution is 2.38. The Hall–Kier alpha value is -2.37. The molecule has 2 amide bonds. The number of esters is 1. The van der Waals surface area contributed by atoms with Crippen LogP contribution in [0.4, 0.5) is 5.69 Å². The first-order chi connectivity index (χ1) is 10.9. The van der Waals surface area contributed by atoms with Gasteiger partial charge in [-0.2, -0.15) is 0 Å². The number of carbonyl (C=O) groups is 3. The molecule has 0 aromatic heterocycles. The molecule has 2 N–H and O–H groups in total. The van der Waals surface area contributed by atoms with Crippen LogP contribution in [0.5, 0.6) is 0 Å². The molecule has 124 valence electrons. The minimum Gasteiger partial charge on any atom is -0.455 e. The number of nitrogens with one attached hydrogen (secondary N) is 2. The number of aryl methyl sites for hydroxylation is 1. The predicted octanol–water partition coefficient (Wildman–Crippen LogP) is 1.56. The quantitative estimate of drug-likeness (QED) is 0.780. The molecule has 6 nitrogen and oxygen atoms in total. The summed E-state index contributed by atoms with van der Waals surface area (Å²) in [5, 5.41) is 5.18. The third kappa shape index (κ3) is 4.81. The Balaban J connectivity index is 1.70. The zero-order valence-electron chi connectivity index (χ0n) is 13.6. The maximum absolute atomic E-state index is 11.8. The highest BCUT2D eigenvalue weighted by Gasteiger charge is 2.40. The highest BCUT2D eigenvalue weighted by molar-refractivity contribution is 5.95. The van der Waals surface area contributed by atoms with E-state index < -0.39 is 5.91 Å². The van der Waals surface area contributed by atoms with Crippen molar-refractivity contribution in [2.45, 2.75) is 27.2 Å². The van der Waals surface area contributed by atoms with Crippen LogP contribution in [0.3, 0.4) is 0 Å². The van der Waals surface area contributed by atoms with E-state index in [0.29, 0.717) is 5.92 Å². The van der Waals surface area contributed by atoms with Crippen molar-refractivity contribution < 1.29 is 19.1 Å². The van der Waals surface area contributed by atoms with E-state index in [1.165, 1.54) is 0 Å². The maximum Gasteiger partial charge on any atom is 0.309 e. The average molecular weight is 318 g/mol. The Bertz CT molecular complexity index is 627. The lowest BCUT2D eigenvalue weighted by molar-refractivity contribution is -0.150. The summed E-state index contributed by atoms with van der Waals surface area (Å²) in [6.45, 7) is 5.33. The predicted molar refractivity (Wildman–Crippen MR) is 85.8 cm³/mol. The Morgan fingerprint density at radius 3 is 2.57 bits per heavy atom. The van der Waals surface area contributed by atoms with Crippen molar-refractivity contribution in [1.29, 1.82) is 0 Å². The summed E-state index contributed by atoms with van der Waals surface area (Å²) in [7, 11) is 0. The van der Waals surface area contributed by atoms with Crippen LogP contribution in [0, 0.1) is 25.7 Å². The molecule has 1 fully saturated rings. The molecule has 6 heteroatoms. The fourth-order valence-electron chi connectivity index (χ4n) is 2.21. The van der Waals surface area contributed by atoms with Crippen molar-refractivity contribution in [3.05, 3.63) is 29.3 Å². The van der Waals surface area contributed by atoms with E-state index in [1.807, 2.05) is 32.9 Å². The van der Waals surface area contributed by atoms with Crippen molar-refractivity contribution in [1.82, 2.24) is 5.32 Å². The number of amides is 2. The maximum atomic E-state index is 11.8. The van der Waals surface area contributed by atoms with Gasteiger partial charge in [0, 0.05) is 5.69 Å². The van der Waals surface area contributed by atoms with E-state index in [2.05, 4.69) is 10.6 Å². The van der Waals surface area contributed by atoms with Crippen LogP contribution in [0.2, 0.25) is 0 Å². The van der Waals surface area contributed by atoms with Gasteiger partial charge in [0.15, 0.2) is 6.61 Å². The minimum atomic E-state index is -0.484. The van der Waals surface area contributed by atoms with Crippen LogP contribution in [-0.2, 0) is 19.1 Å². The summed E-state index contributed by atoms with van der Waals surface area (Å²) in [6.07, 6.45) is 0.818. The highest BCUT2D eigenvalue weighted by atomic mass is 16.5. The minimum absolute atomic E-state index is 0.0737. The van der Waals surface area contributed by atoms with E-state index in [0.717, 1.165) is 23.2 Å². The number of ether oxygens (including phenoxy) is 1. The SMILES string of the molecule is Cc1cccc(NC(=O)CNC(=O)COC(=O)[C@H]2C[C@@H]2C)c1C. The number of carbonyl (C=O) groups excluding carboxylic acids is 3. The first-order valence-corrected chi connectivity index (χ1v) is 7.68. The summed E-state index contributed by atoms with van der Waals surface area (Å²) >= 11 is 0. The molecule has 0 saturated heterocycles. The Morgan fingerprint density at radius 2 is 1.91 bits per heavy atom. The smallest absolute Gasteiger partial charge is 0.309 e. The van der Waals surface area contributed by atoms with Crippen LogP contribution in [-0.4, -0.2) is 30.9 Å². The van der Waals surface area contributed by atoms with Crippen molar-refractivity contribution in [2.75, 3.05) is 18.5 Å². The molecule has 1 saturated carbocycles. The molecule has 2 rings (SSSR count). The van der Waals surface area contributed by atoms with Crippen LogP contribution < -0.4 is 10.6 Å². The second-order valence-electron chi connectivity index (χ2n) is 6.00. The van der Waals surface area contributed by atoms with Gasteiger partial charge >= 0.3 is 5.97 Å². The van der Waals surface area contributed by atoms with Crippen LogP contribution in [0.15, 0.2) is 18.2 Å². The lowest BCUT2D eigenvalue weighted by Gasteiger charge is -2.11. The molecule has 1 aliphatic rings. The van der Waals surface area contributed by atoms with Gasteiger partial charge in [0.1, 0.15) is 0 Å². The molecule has 23 heavy (non-hydrogen) atoms. The Labute approximate surface area is 135 Å². The molecular weight excluding hydrogens is 296 g/mol. The molecule has 2 atom stereocenters. The fraction of sp³-hybridized carbons (Fsp3) is 0.471. The largest absolute Gasteiger partial charge is 0.455 e. The molecule has 0 aliphatic heterocycles. The average Bonchev–Trinajstić information content (AvgIpc) is 3.24. The van der Waals surface area contributed by atoms with Crippen LogP contribution >= 0.6 is 0 Å². The molecule has 0 radical (unpaired) electrons. The number of anilines is 1. The third-order valence-corrected chi connectivity index (χ3v) is 4.08. The normalized spacial score (nSPS) is 18.9. The van der Waals surface area contributed by atoms with Gasteiger partial charge in [0.05, 0.1) is 12.5 Å². The summed E-state index contributed by atoms with van der Waals surface area (Å²) in [5.74, 6) is -0.881. The molecule has 1 aromatic rings. The van der Waals surface area contributed by atoms with Gasteiger partial charge in [0.2, 0.25) is 5.91 Å². The van der Waals surface area contributed by atoms with Gasteiger partial charge < -0.3 is 15.4 Å². The summed E-state index contributed by atoms with van der Waals surface area (Å²) < 4.78 is 4.90. The molecule has 0 unspecified atom stereocenters. The van der Waals surface area contributed by atoms with E-state index in [1.54, 1.807) is 6.07 Å². The molecule has 1 aliphatic carbocycles. The topological polar surface area (TPSA) is 84.5 Å². The van der Waals surface area contributed by atoms with Crippen molar-refractivity contribution >= 4 is 23.5 Å². The van der Waals surface area contributed by atoms with Crippen LogP contribution in [0.25, 0.3) is 0 Å². The van der Waals surface area contributed by atoms with E-state index >= 15 is 0 Å². The third-order valence-electron chi connectivity index (χ3n) is 4.08. The monoisotopic (exact) mass is 318 g/mol.